The maximum atomic E-state index is 14.4. The number of hydrogen-bond donors (Lipinski definition) is 2. The van der Waals surface area contributed by atoms with E-state index in [1.54, 1.807) is 36.4 Å². The second-order valence-electron chi connectivity index (χ2n) is 7.50. The van der Waals surface area contributed by atoms with Crippen molar-refractivity contribution in [1.82, 2.24) is 9.55 Å². The fourth-order valence-electron chi connectivity index (χ4n) is 3.56. The van der Waals surface area contributed by atoms with Crippen LogP contribution < -0.4 is 21.9 Å². The molecule has 4 rings (SSSR count). The molecule has 8 nitrogen and oxygen atoms in total. The number of carbonyl (C=O) groups is 1. The van der Waals surface area contributed by atoms with Gasteiger partial charge in [-0.2, -0.15) is 0 Å². The molecule has 2 heterocycles. The second-order valence-corrected chi connectivity index (χ2v) is 7.91. The Morgan fingerprint density at radius 3 is 2.53 bits per heavy atom. The van der Waals surface area contributed by atoms with Crippen LogP contribution in [0.5, 0.6) is 0 Å². The lowest BCUT2D eigenvalue weighted by molar-refractivity contribution is -0.118. The summed E-state index contributed by atoms with van der Waals surface area (Å²) in [4.78, 5) is 42.0. The molecule has 0 atom stereocenters. The molecule has 2 aromatic carbocycles. The summed E-state index contributed by atoms with van der Waals surface area (Å²) >= 11 is 6.10. The molecule has 0 saturated carbocycles. The lowest BCUT2D eigenvalue weighted by atomic mass is 10.1. The number of nitrogens with zero attached hydrogens (tertiary/aromatic N) is 2. The Kier molecular flexibility index (Phi) is 6.65. The number of H-pyrrole nitrogens is 1. The molecule has 0 bridgehead atoms. The van der Waals surface area contributed by atoms with Gasteiger partial charge < -0.3 is 10.2 Å². The van der Waals surface area contributed by atoms with Crippen molar-refractivity contribution < 1.29 is 13.6 Å². The number of furan rings is 1. The van der Waals surface area contributed by atoms with Gasteiger partial charge in [-0.05, 0) is 29.8 Å². The maximum Gasteiger partial charge on any atom is 0.330 e. The summed E-state index contributed by atoms with van der Waals surface area (Å²) in [5.41, 5.74) is 5.18. The summed E-state index contributed by atoms with van der Waals surface area (Å²) in [7, 11) is 0. The Labute approximate surface area is 198 Å². The first kappa shape index (κ1) is 23.1. The fourth-order valence-corrected chi connectivity index (χ4v) is 3.79. The third-order valence-corrected chi connectivity index (χ3v) is 5.61. The van der Waals surface area contributed by atoms with Gasteiger partial charge in [0.05, 0.1) is 25.8 Å². The number of benzene rings is 2. The van der Waals surface area contributed by atoms with Crippen LogP contribution in [0.1, 0.15) is 16.9 Å². The van der Waals surface area contributed by atoms with Crippen LogP contribution in [0.4, 0.5) is 15.9 Å². The van der Waals surface area contributed by atoms with Crippen LogP contribution in [0.2, 0.25) is 5.02 Å². The number of carbonyl (C=O) groups excluding carboxylic acids is 1. The average Bonchev–Trinajstić information content (AvgIpc) is 3.32. The predicted octanol–water partition coefficient (Wildman–Crippen LogP) is 3.33. The zero-order valence-electron chi connectivity index (χ0n) is 17.8. The SMILES string of the molecule is Nc1c(N(Cc2ccco2)C(=O)Cc2c(F)cccc2Cl)c(=O)[nH]c(=O)n1Cc1ccccc1. The molecule has 0 radical (unpaired) electrons. The van der Waals surface area contributed by atoms with Crippen LogP contribution in [0.15, 0.2) is 80.9 Å². The molecular weight excluding hydrogens is 463 g/mol. The van der Waals surface area contributed by atoms with Crippen molar-refractivity contribution >= 4 is 29.0 Å². The predicted molar refractivity (Wildman–Crippen MR) is 126 cm³/mol. The largest absolute Gasteiger partial charge is 0.467 e. The van der Waals surface area contributed by atoms with E-state index in [1.165, 1.54) is 24.5 Å². The summed E-state index contributed by atoms with van der Waals surface area (Å²) < 4.78 is 20.9. The zero-order chi connectivity index (χ0) is 24.2. The summed E-state index contributed by atoms with van der Waals surface area (Å²) in [5.74, 6) is -1.18. The fraction of sp³-hybridized carbons (Fsp3) is 0.125. The van der Waals surface area contributed by atoms with Crippen molar-refractivity contribution in [2.75, 3.05) is 10.6 Å². The molecule has 0 aliphatic heterocycles. The lowest BCUT2D eigenvalue weighted by Gasteiger charge is -2.24. The summed E-state index contributed by atoms with van der Waals surface area (Å²) in [6.07, 6.45) is 0.971. The third kappa shape index (κ3) is 4.79. The van der Waals surface area contributed by atoms with E-state index >= 15 is 0 Å². The molecule has 0 unspecified atom stereocenters. The van der Waals surface area contributed by atoms with Crippen LogP contribution in [0.25, 0.3) is 0 Å². The highest BCUT2D eigenvalue weighted by Gasteiger charge is 2.27. The second kappa shape index (κ2) is 9.80. The Morgan fingerprint density at radius 1 is 1.09 bits per heavy atom. The molecule has 10 heteroatoms. The van der Waals surface area contributed by atoms with Gasteiger partial charge in [-0.15, -0.1) is 0 Å². The van der Waals surface area contributed by atoms with Gasteiger partial charge in [-0.1, -0.05) is 48.0 Å². The normalized spacial score (nSPS) is 10.9. The van der Waals surface area contributed by atoms with Crippen LogP contribution >= 0.6 is 11.6 Å². The molecule has 4 aromatic rings. The number of aromatic nitrogens is 2. The van der Waals surface area contributed by atoms with Gasteiger partial charge in [0.2, 0.25) is 5.91 Å². The zero-order valence-corrected chi connectivity index (χ0v) is 18.6. The van der Waals surface area contributed by atoms with Gasteiger partial charge in [0.1, 0.15) is 17.4 Å². The highest BCUT2D eigenvalue weighted by Crippen LogP contribution is 2.25. The first-order chi connectivity index (χ1) is 16.3. The first-order valence-electron chi connectivity index (χ1n) is 10.3. The van der Waals surface area contributed by atoms with Crippen molar-refractivity contribution in [3.05, 3.63) is 115 Å². The standard InChI is InChI=1S/C24H20ClFN4O4/c25-18-9-4-10-19(26)17(18)12-20(31)29(14-16-8-5-11-34-16)21-22(27)30(24(33)28-23(21)32)13-15-6-2-1-3-7-15/h1-11H,12-14,27H2,(H,28,32,33). The molecule has 174 valence electrons. The summed E-state index contributed by atoms with van der Waals surface area (Å²) in [6.45, 7) is -0.105. The molecule has 0 spiro atoms. The van der Waals surface area contributed by atoms with Crippen LogP contribution in [0.3, 0.4) is 0 Å². The first-order valence-corrected chi connectivity index (χ1v) is 10.6. The molecular formula is C24H20ClFN4O4. The number of nitrogen functional groups attached to an aromatic ring is 1. The molecule has 0 saturated heterocycles. The van der Waals surface area contributed by atoms with Crippen molar-refractivity contribution in [3.63, 3.8) is 0 Å². The maximum absolute atomic E-state index is 14.4. The third-order valence-electron chi connectivity index (χ3n) is 5.25. The molecule has 0 fully saturated rings. The molecule has 0 aliphatic carbocycles. The Bertz CT molecular complexity index is 1410. The molecule has 2 aromatic heterocycles. The van der Waals surface area contributed by atoms with Crippen molar-refractivity contribution in [2.24, 2.45) is 0 Å². The van der Waals surface area contributed by atoms with Gasteiger partial charge in [-0.25, -0.2) is 9.18 Å². The number of rotatable bonds is 7. The van der Waals surface area contributed by atoms with E-state index < -0.39 is 29.4 Å². The monoisotopic (exact) mass is 482 g/mol. The van der Waals surface area contributed by atoms with E-state index in [-0.39, 0.29) is 35.2 Å². The summed E-state index contributed by atoms with van der Waals surface area (Å²) in [6, 6.07) is 16.3. The van der Waals surface area contributed by atoms with E-state index in [1.807, 2.05) is 6.07 Å². The van der Waals surface area contributed by atoms with E-state index in [0.29, 0.717) is 5.76 Å². The summed E-state index contributed by atoms with van der Waals surface area (Å²) in [5, 5.41) is 0.0715. The minimum atomic E-state index is -0.855. The minimum absolute atomic E-state index is 0.0220. The highest BCUT2D eigenvalue weighted by molar-refractivity contribution is 6.31. The minimum Gasteiger partial charge on any atom is -0.467 e. The van der Waals surface area contributed by atoms with Crippen molar-refractivity contribution in [1.29, 1.82) is 0 Å². The smallest absolute Gasteiger partial charge is 0.330 e. The number of hydrogen-bond acceptors (Lipinski definition) is 5. The Balaban J connectivity index is 1.80. The molecule has 34 heavy (non-hydrogen) atoms. The Morgan fingerprint density at radius 2 is 1.85 bits per heavy atom. The van der Waals surface area contributed by atoms with E-state index in [9.17, 15) is 18.8 Å². The van der Waals surface area contributed by atoms with Crippen LogP contribution in [0, 0.1) is 5.82 Å². The number of anilines is 2. The molecule has 3 N–H and O–H groups in total. The van der Waals surface area contributed by atoms with E-state index in [4.69, 9.17) is 21.8 Å². The lowest BCUT2D eigenvalue weighted by Crippen LogP contribution is -2.41. The number of amides is 1. The molecule has 1 amide bonds. The number of halogens is 2. The van der Waals surface area contributed by atoms with Gasteiger partial charge in [0.15, 0.2) is 5.69 Å². The quantitative estimate of drug-likeness (QED) is 0.419. The van der Waals surface area contributed by atoms with Crippen molar-refractivity contribution in [2.45, 2.75) is 19.5 Å². The topological polar surface area (TPSA) is 114 Å². The van der Waals surface area contributed by atoms with Gasteiger partial charge in [-0.3, -0.25) is 24.0 Å². The number of aromatic amines is 1. The number of nitrogens with one attached hydrogen (secondary N) is 1. The van der Waals surface area contributed by atoms with Gasteiger partial charge in [0, 0.05) is 10.6 Å². The number of nitrogens with two attached hydrogens (primary N) is 1. The Hall–Kier alpha value is -4.11. The van der Waals surface area contributed by atoms with E-state index in [0.717, 1.165) is 15.0 Å². The van der Waals surface area contributed by atoms with Crippen molar-refractivity contribution in [3.8, 4) is 0 Å². The highest BCUT2D eigenvalue weighted by atomic mass is 35.5. The van der Waals surface area contributed by atoms with Crippen LogP contribution in [-0.2, 0) is 24.3 Å². The molecule has 0 aliphatic rings. The van der Waals surface area contributed by atoms with Gasteiger partial charge >= 0.3 is 5.69 Å². The van der Waals surface area contributed by atoms with Crippen LogP contribution in [-0.4, -0.2) is 15.5 Å². The van der Waals surface area contributed by atoms with Gasteiger partial charge in [0.25, 0.3) is 5.56 Å². The van der Waals surface area contributed by atoms with E-state index in [2.05, 4.69) is 4.98 Å². The average molecular weight is 483 g/mol.